The predicted octanol–water partition coefficient (Wildman–Crippen LogP) is 5.89. The summed E-state index contributed by atoms with van der Waals surface area (Å²) in [6, 6.07) is 20.4. The van der Waals surface area contributed by atoms with Gasteiger partial charge in [0, 0.05) is 28.2 Å². The molecule has 0 unspecified atom stereocenters. The van der Waals surface area contributed by atoms with Gasteiger partial charge in [-0.15, -0.1) is 0 Å². The summed E-state index contributed by atoms with van der Waals surface area (Å²) in [7, 11) is 0. The van der Waals surface area contributed by atoms with E-state index in [9.17, 15) is 0 Å². The second kappa shape index (κ2) is 7.38. The minimum Gasteiger partial charge on any atom is -0.493 e. The van der Waals surface area contributed by atoms with Crippen LogP contribution < -0.4 is 10.1 Å². The molecule has 0 spiro atoms. The molecule has 3 heteroatoms. The summed E-state index contributed by atoms with van der Waals surface area (Å²) in [6.07, 6.45) is 0.985. The van der Waals surface area contributed by atoms with E-state index in [0.717, 1.165) is 28.4 Å². The zero-order valence-corrected chi connectivity index (χ0v) is 13.9. The third-order valence-electron chi connectivity index (χ3n) is 3.74. The van der Waals surface area contributed by atoms with Crippen LogP contribution >= 0.6 is 11.6 Å². The van der Waals surface area contributed by atoms with Crippen molar-refractivity contribution in [2.24, 2.45) is 0 Å². The number of anilines is 1. The number of fused-ring (bicyclic) bond motifs is 1. The molecule has 0 aliphatic rings. The average Bonchev–Trinajstić information content (AvgIpc) is 2.59. The molecule has 0 radical (unpaired) electrons. The van der Waals surface area contributed by atoms with Crippen LogP contribution in [0.1, 0.15) is 18.9 Å². The number of ether oxygens (including phenoxy) is 1. The maximum atomic E-state index is 6.14. The first-order valence-electron chi connectivity index (χ1n) is 7.91. The van der Waals surface area contributed by atoms with Gasteiger partial charge in [0.25, 0.3) is 0 Å². The molecule has 0 aromatic heterocycles. The van der Waals surface area contributed by atoms with Gasteiger partial charge >= 0.3 is 0 Å². The molecule has 2 nitrogen and oxygen atoms in total. The number of rotatable bonds is 6. The second-order valence-electron chi connectivity index (χ2n) is 5.48. The molecule has 118 valence electrons. The second-order valence-corrected chi connectivity index (χ2v) is 5.92. The summed E-state index contributed by atoms with van der Waals surface area (Å²) in [6.45, 7) is 3.49. The number of benzene rings is 3. The van der Waals surface area contributed by atoms with Crippen molar-refractivity contribution in [2.75, 3.05) is 11.9 Å². The zero-order valence-electron chi connectivity index (χ0n) is 13.2. The molecule has 3 rings (SSSR count). The quantitative estimate of drug-likeness (QED) is 0.609. The minimum atomic E-state index is 0.674. The Labute approximate surface area is 142 Å². The molecule has 0 bridgehead atoms. The smallest absolute Gasteiger partial charge is 0.124 e. The third-order valence-corrected chi connectivity index (χ3v) is 3.98. The highest BCUT2D eigenvalue weighted by Gasteiger charge is 2.06. The summed E-state index contributed by atoms with van der Waals surface area (Å²) >= 11 is 6.14. The van der Waals surface area contributed by atoms with Crippen molar-refractivity contribution in [3.63, 3.8) is 0 Å². The molecule has 1 N–H and O–H groups in total. The van der Waals surface area contributed by atoms with Crippen molar-refractivity contribution < 1.29 is 4.74 Å². The standard InChI is InChI=1S/C20H20ClNO/c1-2-12-23-20-11-10-17(21)13-16(20)14-22-19-9-5-7-15-6-3-4-8-18(15)19/h3-11,13,22H,2,12,14H2,1H3. The predicted molar refractivity (Wildman–Crippen MR) is 98.5 cm³/mol. The number of hydrogen-bond donors (Lipinski definition) is 1. The third kappa shape index (κ3) is 3.77. The van der Waals surface area contributed by atoms with Gasteiger partial charge in [-0.3, -0.25) is 0 Å². The molecule has 23 heavy (non-hydrogen) atoms. The van der Waals surface area contributed by atoms with Crippen LogP contribution in [-0.4, -0.2) is 6.61 Å². The highest BCUT2D eigenvalue weighted by atomic mass is 35.5. The molecule has 3 aromatic carbocycles. The van der Waals surface area contributed by atoms with E-state index < -0.39 is 0 Å². The molecular formula is C20H20ClNO. The molecule has 0 saturated carbocycles. The molecule has 0 aliphatic heterocycles. The maximum Gasteiger partial charge on any atom is 0.124 e. The Balaban J connectivity index is 1.83. The van der Waals surface area contributed by atoms with Crippen LogP contribution in [0.5, 0.6) is 5.75 Å². The lowest BCUT2D eigenvalue weighted by atomic mass is 10.1. The fraction of sp³-hybridized carbons (Fsp3) is 0.200. The molecule has 0 atom stereocenters. The Morgan fingerprint density at radius 3 is 2.70 bits per heavy atom. The highest BCUT2D eigenvalue weighted by molar-refractivity contribution is 6.30. The van der Waals surface area contributed by atoms with Crippen molar-refractivity contribution in [3.05, 3.63) is 71.2 Å². The summed E-state index contributed by atoms with van der Waals surface area (Å²) in [5, 5.41) is 6.68. The van der Waals surface area contributed by atoms with Crippen molar-refractivity contribution in [1.82, 2.24) is 0 Å². The largest absolute Gasteiger partial charge is 0.493 e. The van der Waals surface area contributed by atoms with Crippen LogP contribution in [0, 0.1) is 0 Å². The van der Waals surface area contributed by atoms with Crippen molar-refractivity contribution in [2.45, 2.75) is 19.9 Å². The lowest BCUT2D eigenvalue weighted by Crippen LogP contribution is -2.04. The fourth-order valence-corrected chi connectivity index (χ4v) is 2.80. The van der Waals surface area contributed by atoms with Gasteiger partial charge in [0.2, 0.25) is 0 Å². The van der Waals surface area contributed by atoms with Gasteiger partial charge in [0.1, 0.15) is 5.75 Å². The van der Waals surface area contributed by atoms with E-state index in [2.05, 4.69) is 54.7 Å². The van der Waals surface area contributed by atoms with E-state index in [-0.39, 0.29) is 0 Å². The Kier molecular flexibility index (Phi) is 5.04. The zero-order chi connectivity index (χ0) is 16.1. The lowest BCUT2D eigenvalue weighted by molar-refractivity contribution is 0.314. The monoisotopic (exact) mass is 325 g/mol. The highest BCUT2D eigenvalue weighted by Crippen LogP contribution is 2.27. The molecule has 0 heterocycles. The Hall–Kier alpha value is -2.19. The molecule has 0 fully saturated rings. The van der Waals surface area contributed by atoms with E-state index in [1.807, 2.05) is 18.2 Å². The van der Waals surface area contributed by atoms with E-state index in [4.69, 9.17) is 16.3 Å². The van der Waals surface area contributed by atoms with E-state index in [1.54, 1.807) is 0 Å². The summed E-state index contributed by atoms with van der Waals surface area (Å²) in [5.41, 5.74) is 2.18. The molecule has 0 saturated heterocycles. The Morgan fingerprint density at radius 1 is 1.00 bits per heavy atom. The minimum absolute atomic E-state index is 0.674. The van der Waals surface area contributed by atoms with Crippen LogP contribution in [0.3, 0.4) is 0 Å². The Bertz CT molecular complexity index is 795. The van der Waals surface area contributed by atoms with Gasteiger partial charge < -0.3 is 10.1 Å². The lowest BCUT2D eigenvalue weighted by Gasteiger charge is -2.14. The SMILES string of the molecule is CCCOc1ccc(Cl)cc1CNc1cccc2ccccc12. The van der Waals surface area contributed by atoms with Gasteiger partial charge in [0.05, 0.1) is 6.61 Å². The van der Waals surface area contributed by atoms with E-state index in [1.165, 1.54) is 10.8 Å². The van der Waals surface area contributed by atoms with Crippen LogP contribution in [0.4, 0.5) is 5.69 Å². The number of halogens is 1. The summed E-state index contributed by atoms with van der Waals surface area (Å²) in [5.74, 6) is 0.893. The van der Waals surface area contributed by atoms with Crippen LogP contribution in [0.2, 0.25) is 5.02 Å². The van der Waals surface area contributed by atoms with Crippen LogP contribution in [0.25, 0.3) is 10.8 Å². The van der Waals surface area contributed by atoms with Crippen molar-refractivity contribution >= 4 is 28.1 Å². The van der Waals surface area contributed by atoms with E-state index in [0.29, 0.717) is 13.2 Å². The van der Waals surface area contributed by atoms with Gasteiger partial charge in [-0.2, -0.15) is 0 Å². The van der Waals surface area contributed by atoms with E-state index >= 15 is 0 Å². The van der Waals surface area contributed by atoms with Gasteiger partial charge in [-0.05, 0) is 36.1 Å². The van der Waals surface area contributed by atoms with Crippen molar-refractivity contribution in [1.29, 1.82) is 0 Å². The first-order valence-corrected chi connectivity index (χ1v) is 8.28. The average molecular weight is 326 g/mol. The van der Waals surface area contributed by atoms with Gasteiger partial charge in [0.15, 0.2) is 0 Å². The van der Waals surface area contributed by atoms with Gasteiger partial charge in [-0.1, -0.05) is 54.9 Å². The van der Waals surface area contributed by atoms with Crippen LogP contribution in [0.15, 0.2) is 60.7 Å². The molecule has 3 aromatic rings. The molecular weight excluding hydrogens is 306 g/mol. The maximum absolute atomic E-state index is 6.14. The molecule has 0 aliphatic carbocycles. The van der Waals surface area contributed by atoms with Crippen LogP contribution in [-0.2, 0) is 6.54 Å². The topological polar surface area (TPSA) is 21.3 Å². The Morgan fingerprint density at radius 2 is 1.83 bits per heavy atom. The normalized spacial score (nSPS) is 10.7. The number of nitrogens with one attached hydrogen (secondary N) is 1. The summed E-state index contributed by atoms with van der Waals surface area (Å²) < 4.78 is 5.82. The fourth-order valence-electron chi connectivity index (χ4n) is 2.61. The summed E-state index contributed by atoms with van der Waals surface area (Å²) in [4.78, 5) is 0. The van der Waals surface area contributed by atoms with Crippen molar-refractivity contribution in [3.8, 4) is 5.75 Å². The molecule has 0 amide bonds. The number of hydrogen-bond acceptors (Lipinski definition) is 2. The van der Waals surface area contributed by atoms with Gasteiger partial charge in [-0.25, -0.2) is 0 Å². The first kappa shape index (κ1) is 15.7. The first-order chi connectivity index (χ1) is 11.3.